The van der Waals surface area contributed by atoms with Gasteiger partial charge in [0.25, 0.3) is 0 Å². The Kier molecular flexibility index (Phi) is 5.55. The molecule has 0 heterocycles. The molecule has 1 fully saturated rings. The number of nitrogens with one attached hydrogen (secondary N) is 1. The van der Waals surface area contributed by atoms with Gasteiger partial charge >= 0.3 is 6.03 Å². The van der Waals surface area contributed by atoms with Crippen LogP contribution in [0.2, 0.25) is 0 Å². The summed E-state index contributed by atoms with van der Waals surface area (Å²) in [6.45, 7) is 4.59. The third-order valence-corrected chi connectivity index (χ3v) is 3.70. The quantitative estimate of drug-likeness (QED) is 0.667. The van der Waals surface area contributed by atoms with E-state index in [1.807, 2.05) is 6.92 Å². The molecule has 1 saturated carbocycles. The van der Waals surface area contributed by atoms with E-state index < -0.39 is 6.03 Å². The third kappa shape index (κ3) is 3.96. The molecule has 0 saturated heterocycles. The molecule has 0 aliphatic heterocycles. The summed E-state index contributed by atoms with van der Waals surface area (Å²) in [5.74, 6) is -0.334. The Morgan fingerprint density at radius 1 is 1.33 bits per heavy atom. The van der Waals surface area contributed by atoms with Crippen molar-refractivity contribution in [2.24, 2.45) is 11.5 Å². The first-order chi connectivity index (χ1) is 8.45. The highest BCUT2D eigenvalue weighted by Crippen LogP contribution is 2.23. The number of urea groups is 1. The molecule has 5 N–H and O–H groups in total. The van der Waals surface area contributed by atoms with Crippen molar-refractivity contribution in [3.63, 3.8) is 0 Å². The predicted molar refractivity (Wildman–Crippen MR) is 69.8 cm³/mol. The number of nitrogens with zero attached hydrogens (tertiary/aromatic N) is 1. The van der Waals surface area contributed by atoms with Crippen LogP contribution >= 0.6 is 0 Å². The summed E-state index contributed by atoms with van der Waals surface area (Å²) in [6.07, 6.45) is 3.99. The minimum Gasteiger partial charge on any atom is -0.351 e. The second-order valence-electron chi connectivity index (χ2n) is 4.93. The lowest BCUT2D eigenvalue weighted by molar-refractivity contribution is -0.125. The van der Waals surface area contributed by atoms with Crippen molar-refractivity contribution in [2.45, 2.75) is 57.7 Å². The Labute approximate surface area is 108 Å². The molecule has 0 aromatic heterocycles. The van der Waals surface area contributed by atoms with E-state index in [2.05, 4.69) is 10.2 Å². The van der Waals surface area contributed by atoms with Crippen LogP contribution in [-0.4, -0.2) is 41.5 Å². The van der Waals surface area contributed by atoms with Crippen molar-refractivity contribution in [3.8, 4) is 0 Å². The highest BCUT2D eigenvalue weighted by Gasteiger charge is 2.29. The van der Waals surface area contributed by atoms with Gasteiger partial charge in [0.2, 0.25) is 5.91 Å². The summed E-state index contributed by atoms with van der Waals surface area (Å²) < 4.78 is 0. The van der Waals surface area contributed by atoms with Crippen LogP contribution in [0.25, 0.3) is 0 Å². The topological polar surface area (TPSA) is 101 Å². The Morgan fingerprint density at radius 2 is 1.89 bits per heavy atom. The number of hydrogen-bond donors (Lipinski definition) is 3. The van der Waals surface area contributed by atoms with Gasteiger partial charge in [-0.1, -0.05) is 6.92 Å². The molecule has 1 rings (SSSR count). The molecule has 0 spiro atoms. The molecule has 1 aliphatic carbocycles. The molecule has 1 unspecified atom stereocenters. The fourth-order valence-electron chi connectivity index (χ4n) is 2.66. The molecule has 1 aliphatic rings. The monoisotopic (exact) mass is 256 g/mol. The summed E-state index contributed by atoms with van der Waals surface area (Å²) in [5, 5.41) is 2.14. The first kappa shape index (κ1) is 14.9. The van der Waals surface area contributed by atoms with Crippen molar-refractivity contribution in [1.29, 1.82) is 0 Å². The molecule has 0 radical (unpaired) electrons. The molecule has 0 aromatic rings. The van der Waals surface area contributed by atoms with E-state index in [0.717, 1.165) is 32.2 Å². The number of nitrogens with two attached hydrogens (primary N) is 2. The Bertz CT molecular complexity index is 300. The van der Waals surface area contributed by atoms with E-state index in [0.29, 0.717) is 6.04 Å². The van der Waals surface area contributed by atoms with Gasteiger partial charge in [0, 0.05) is 12.1 Å². The van der Waals surface area contributed by atoms with E-state index in [-0.39, 0.29) is 18.0 Å². The number of imide groups is 1. The summed E-state index contributed by atoms with van der Waals surface area (Å²) in [6, 6.07) is -0.492. The third-order valence-electron chi connectivity index (χ3n) is 3.70. The molecule has 3 amide bonds. The summed E-state index contributed by atoms with van der Waals surface area (Å²) >= 11 is 0. The molecule has 0 aromatic carbocycles. The van der Waals surface area contributed by atoms with Crippen molar-refractivity contribution >= 4 is 11.9 Å². The van der Waals surface area contributed by atoms with Crippen LogP contribution in [0.4, 0.5) is 4.79 Å². The lowest BCUT2D eigenvalue weighted by Crippen LogP contribution is -2.53. The predicted octanol–water partition coefficient (Wildman–Crippen LogP) is 0.162. The molecule has 18 heavy (non-hydrogen) atoms. The van der Waals surface area contributed by atoms with Crippen LogP contribution in [0.5, 0.6) is 0 Å². The standard InChI is InChI=1S/C12H24N4O2/c1-3-16(8(2)11(17)15-12(14)18)10-6-4-9(13)5-7-10/h8-10H,3-7,13H2,1-2H3,(H3,14,15,17,18). The van der Waals surface area contributed by atoms with Crippen LogP contribution in [-0.2, 0) is 4.79 Å². The van der Waals surface area contributed by atoms with Crippen molar-refractivity contribution in [2.75, 3.05) is 6.54 Å². The van der Waals surface area contributed by atoms with Gasteiger partial charge in [0.15, 0.2) is 0 Å². The number of hydrogen-bond acceptors (Lipinski definition) is 4. The number of primary amides is 1. The normalized spacial score (nSPS) is 25.8. The lowest BCUT2D eigenvalue weighted by atomic mass is 9.90. The van der Waals surface area contributed by atoms with E-state index in [4.69, 9.17) is 11.5 Å². The second kappa shape index (κ2) is 6.70. The van der Waals surface area contributed by atoms with Crippen molar-refractivity contribution in [3.05, 3.63) is 0 Å². The minimum absolute atomic E-state index is 0.287. The Balaban J connectivity index is 2.59. The molecule has 104 valence electrons. The maximum absolute atomic E-state index is 11.8. The van der Waals surface area contributed by atoms with Crippen LogP contribution in [0.15, 0.2) is 0 Å². The van der Waals surface area contributed by atoms with Gasteiger partial charge in [-0.05, 0) is 39.2 Å². The number of carbonyl (C=O) groups is 2. The minimum atomic E-state index is -0.798. The van der Waals surface area contributed by atoms with Crippen molar-refractivity contribution < 1.29 is 9.59 Å². The van der Waals surface area contributed by atoms with Gasteiger partial charge in [0.1, 0.15) is 0 Å². The maximum Gasteiger partial charge on any atom is 0.318 e. The van der Waals surface area contributed by atoms with Crippen LogP contribution in [0, 0.1) is 0 Å². The number of amides is 3. The number of carbonyl (C=O) groups excluding carboxylic acids is 2. The first-order valence-electron chi connectivity index (χ1n) is 6.57. The zero-order valence-corrected chi connectivity index (χ0v) is 11.2. The largest absolute Gasteiger partial charge is 0.351 e. The van der Waals surface area contributed by atoms with Gasteiger partial charge in [-0.25, -0.2) is 4.79 Å². The number of rotatable bonds is 4. The molecule has 0 bridgehead atoms. The smallest absolute Gasteiger partial charge is 0.318 e. The molecular weight excluding hydrogens is 232 g/mol. The Morgan fingerprint density at radius 3 is 2.33 bits per heavy atom. The molecular formula is C12H24N4O2. The zero-order valence-electron chi connectivity index (χ0n) is 11.2. The van der Waals surface area contributed by atoms with E-state index in [9.17, 15) is 9.59 Å². The van der Waals surface area contributed by atoms with E-state index in [1.54, 1.807) is 6.92 Å². The van der Waals surface area contributed by atoms with Gasteiger partial charge < -0.3 is 11.5 Å². The second-order valence-corrected chi connectivity index (χ2v) is 4.93. The van der Waals surface area contributed by atoms with Crippen LogP contribution < -0.4 is 16.8 Å². The summed E-state index contributed by atoms with van der Waals surface area (Å²) in [4.78, 5) is 24.6. The van der Waals surface area contributed by atoms with E-state index >= 15 is 0 Å². The fourth-order valence-corrected chi connectivity index (χ4v) is 2.66. The molecule has 1 atom stereocenters. The average Bonchev–Trinajstić information content (AvgIpc) is 2.31. The lowest BCUT2D eigenvalue weighted by Gasteiger charge is -2.38. The summed E-state index contributed by atoms with van der Waals surface area (Å²) in [5.41, 5.74) is 10.8. The fraction of sp³-hybridized carbons (Fsp3) is 0.833. The van der Waals surface area contributed by atoms with Gasteiger partial charge in [-0.15, -0.1) is 0 Å². The SMILES string of the molecule is CCN(C1CCC(N)CC1)C(C)C(=O)NC(N)=O. The average molecular weight is 256 g/mol. The van der Waals surface area contributed by atoms with Crippen LogP contribution in [0.3, 0.4) is 0 Å². The summed E-state index contributed by atoms with van der Waals surface area (Å²) in [7, 11) is 0. The van der Waals surface area contributed by atoms with Crippen LogP contribution in [0.1, 0.15) is 39.5 Å². The van der Waals surface area contributed by atoms with Gasteiger partial charge in [-0.3, -0.25) is 15.0 Å². The van der Waals surface area contributed by atoms with Gasteiger partial charge in [0.05, 0.1) is 6.04 Å². The van der Waals surface area contributed by atoms with E-state index in [1.165, 1.54) is 0 Å². The van der Waals surface area contributed by atoms with Crippen molar-refractivity contribution in [1.82, 2.24) is 10.2 Å². The molecule has 6 nitrogen and oxygen atoms in total. The van der Waals surface area contributed by atoms with Gasteiger partial charge in [-0.2, -0.15) is 0 Å². The number of likely N-dealkylation sites (N-methyl/N-ethyl adjacent to an activating group) is 1. The highest BCUT2D eigenvalue weighted by atomic mass is 16.2. The maximum atomic E-state index is 11.8. The molecule has 6 heteroatoms. The Hall–Kier alpha value is -1.14. The first-order valence-corrected chi connectivity index (χ1v) is 6.57. The zero-order chi connectivity index (χ0) is 13.7. The highest BCUT2D eigenvalue weighted by molar-refractivity contribution is 5.96.